The third-order valence-electron chi connectivity index (χ3n) is 16.5. The molecule has 6 atom stereocenters. The molecule has 8 aromatic carbocycles. The minimum atomic E-state index is -0.225. The van der Waals surface area contributed by atoms with E-state index in [4.69, 9.17) is 0 Å². The van der Waals surface area contributed by atoms with Crippen molar-refractivity contribution in [2.75, 3.05) is 4.90 Å². The lowest BCUT2D eigenvalue weighted by Gasteiger charge is -2.77. The summed E-state index contributed by atoms with van der Waals surface area (Å²) in [4.78, 5) is 2.42. The van der Waals surface area contributed by atoms with Gasteiger partial charge in [-0.3, -0.25) is 0 Å². The van der Waals surface area contributed by atoms with Crippen LogP contribution in [0.15, 0.2) is 189 Å². The van der Waals surface area contributed by atoms with Gasteiger partial charge in [-0.1, -0.05) is 128 Å². The van der Waals surface area contributed by atoms with Gasteiger partial charge in [0.05, 0.1) is 0 Å². The zero-order valence-corrected chi connectivity index (χ0v) is 35.7. The predicted octanol–water partition coefficient (Wildman–Crippen LogP) is 16.6. The average Bonchev–Trinajstić information content (AvgIpc) is 4.06. The summed E-state index contributed by atoms with van der Waals surface area (Å²) in [6, 6.07) is 59.4. The number of halogens is 1. The Morgan fingerprint density at radius 1 is 0.587 bits per heavy atom. The molecular formula is C60H44FNS. The lowest BCUT2D eigenvalue weighted by atomic mass is 9.26. The van der Waals surface area contributed by atoms with Gasteiger partial charge in [0, 0.05) is 42.6 Å². The third-order valence-corrected chi connectivity index (χ3v) is 17.7. The number of benzene rings is 8. The second-order valence-electron chi connectivity index (χ2n) is 19.0. The number of nitrogens with zero attached hydrogens (tertiary/aromatic N) is 1. The van der Waals surface area contributed by atoms with Gasteiger partial charge in [-0.25, -0.2) is 4.39 Å². The summed E-state index contributed by atoms with van der Waals surface area (Å²) >= 11 is 1.85. The monoisotopic (exact) mass is 829 g/mol. The Morgan fingerprint density at radius 3 is 2.10 bits per heavy atom. The van der Waals surface area contributed by atoms with E-state index in [1.165, 1.54) is 96.2 Å². The first-order chi connectivity index (χ1) is 31.0. The summed E-state index contributed by atoms with van der Waals surface area (Å²) in [5.41, 5.74) is 13.2. The molecule has 6 unspecified atom stereocenters. The van der Waals surface area contributed by atoms with E-state index in [9.17, 15) is 4.39 Å². The Morgan fingerprint density at radius 2 is 1.27 bits per heavy atom. The number of thiophene rings is 1. The highest BCUT2D eigenvalue weighted by atomic mass is 32.1. The molecule has 302 valence electrons. The molecule has 4 fully saturated rings. The van der Waals surface area contributed by atoms with Crippen molar-refractivity contribution in [3.8, 4) is 11.1 Å². The molecule has 5 aliphatic rings. The van der Waals surface area contributed by atoms with Gasteiger partial charge >= 0.3 is 0 Å². The molecule has 2 spiro atoms. The molecular weight excluding hydrogens is 786 g/mol. The Hall–Kier alpha value is -6.55. The van der Waals surface area contributed by atoms with Crippen molar-refractivity contribution in [1.29, 1.82) is 0 Å². The molecule has 0 aliphatic heterocycles. The number of rotatable bonds is 7. The summed E-state index contributed by atoms with van der Waals surface area (Å²) in [5, 5.41) is 7.72. The molecule has 63 heavy (non-hydrogen) atoms. The molecule has 1 aromatic heterocycles. The van der Waals surface area contributed by atoms with Crippen LogP contribution in [0, 0.1) is 34.9 Å². The van der Waals surface area contributed by atoms with Crippen molar-refractivity contribution in [3.63, 3.8) is 0 Å². The molecule has 0 N–H and O–H groups in total. The van der Waals surface area contributed by atoms with E-state index in [1.807, 2.05) is 29.5 Å². The number of anilines is 3. The van der Waals surface area contributed by atoms with Gasteiger partial charge in [0.15, 0.2) is 0 Å². The smallest absolute Gasteiger partial charge is 0.123 e. The van der Waals surface area contributed by atoms with Crippen molar-refractivity contribution in [2.24, 2.45) is 29.1 Å². The molecule has 14 rings (SSSR count). The Balaban J connectivity index is 0.996. The zero-order valence-electron chi connectivity index (χ0n) is 34.9. The predicted molar refractivity (Wildman–Crippen MR) is 264 cm³/mol. The normalized spacial score (nSPS) is 25.0. The second kappa shape index (κ2) is 13.0. The van der Waals surface area contributed by atoms with Gasteiger partial charge in [-0.05, 0) is 176 Å². The first kappa shape index (κ1) is 36.0. The van der Waals surface area contributed by atoms with Crippen molar-refractivity contribution in [2.45, 2.75) is 31.1 Å². The highest BCUT2D eigenvalue weighted by Crippen LogP contribution is 2.90. The Labute approximate surface area is 371 Å². The molecule has 0 radical (unpaired) electrons. The van der Waals surface area contributed by atoms with Crippen molar-refractivity contribution < 1.29 is 4.39 Å². The van der Waals surface area contributed by atoms with Gasteiger partial charge in [-0.15, -0.1) is 11.3 Å². The van der Waals surface area contributed by atoms with E-state index in [1.54, 1.807) is 11.1 Å². The highest BCUT2D eigenvalue weighted by Gasteiger charge is 2.85. The maximum atomic E-state index is 13.9. The van der Waals surface area contributed by atoms with Crippen molar-refractivity contribution >= 4 is 81.3 Å². The minimum Gasteiger partial charge on any atom is -0.310 e. The maximum absolute atomic E-state index is 13.9. The van der Waals surface area contributed by atoms with Crippen LogP contribution in [0.25, 0.3) is 64.0 Å². The summed E-state index contributed by atoms with van der Waals surface area (Å²) in [6.07, 6.45) is 12.1. The van der Waals surface area contributed by atoms with Gasteiger partial charge in [0.2, 0.25) is 0 Å². The summed E-state index contributed by atoms with van der Waals surface area (Å²) < 4.78 is 16.5. The quantitative estimate of drug-likeness (QED) is 0.114. The molecule has 5 aliphatic carbocycles. The molecule has 4 saturated carbocycles. The molecule has 0 amide bonds. The van der Waals surface area contributed by atoms with Gasteiger partial charge in [-0.2, -0.15) is 0 Å². The van der Waals surface area contributed by atoms with Crippen LogP contribution in [0.1, 0.15) is 42.4 Å². The van der Waals surface area contributed by atoms with Crippen LogP contribution in [0.4, 0.5) is 21.5 Å². The molecule has 1 nitrogen and oxygen atoms in total. The van der Waals surface area contributed by atoms with Crippen LogP contribution in [0.3, 0.4) is 0 Å². The largest absolute Gasteiger partial charge is 0.310 e. The number of fused-ring (bicyclic) bond motifs is 11. The Bertz CT molecular complexity index is 3480. The molecule has 9 aromatic rings. The first-order valence-electron chi connectivity index (χ1n) is 22.7. The van der Waals surface area contributed by atoms with E-state index < -0.39 is 0 Å². The molecule has 1 heterocycles. The highest BCUT2D eigenvalue weighted by molar-refractivity contribution is 7.25. The average molecular weight is 830 g/mol. The fourth-order valence-corrected chi connectivity index (χ4v) is 15.5. The third kappa shape index (κ3) is 4.71. The molecule has 2 bridgehead atoms. The minimum absolute atomic E-state index is 0.0229. The lowest BCUT2D eigenvalue weighted by Crippen LogP contribution is -2.73. The first-order valence-corrected chi connectivity index (χ1v) is 23.5. The molecule has 3 heteroatoms. The van der Waals surface area contributed by atoms with Crippen molar-refractivity contribution in [1.82, 2.24) is 0 Å². The van der Waals surface area contributed by atoms with E-state index in [0.29, 0.717) is 17.3 Å². The SMILES string of the molecule is C=C/C=C\C1=C(c2cc3ccccc3c3cc(N(c4ccc(-c5ccc(F)cc5)cc4)c4ccc5c(c4)sc4ccccc45)ccc23)C2(c3ccccc31)C1CC3CC4CC2C41C3. The summed E-state index contributed by atoms with van der Waals surface area (Å²) in [7, 11) is 0. The van der Waals surface area contributed by atoms with Gasteiger partial charge in [0.1, 0.15) is 5.82 Å². The zero-order chi connectivity index (χ0) is 41.6. The number of allylic oxidation sites excluding steroid dienone is 5. The van der Waals surface area contributed by atoms with E-state index in [-0.39, 0.29) is 11.2 Å². The van der Waals surface area contributed by atoms with Crippen molar-refractivity contribution in [3.05, 3.63) is 211 Å². The van der Waals surface area contributed by atoms with Crippen LogP contribution in [0.5, 0.6) is 0 Å². The van der Waals surface area contributed by atoms with Crippen LogP contribution in [-0.2, 0) is 5.41 Å². The fourth-order valence-electron chi connectivity index (χ4n) is 14.4. The fraction of sp³-hybridized carbons (Fsp3) is 0.167. The van der Waals surface area contributed by atoms with E-state index >= 15 is 0 Å². The summed E-state index contributed by atoms with van der Waals surface area (Å²) in [6.45, 7) is 4.14. The van der Waals surface area contributed by atoms with Crippen LogP contribution in [-0.4, -0.2) is 0 Å². The van der Waals surface area contributed by atoms with Crippen LogP contribution < -0.4 is 4.90 Å². The standard InChI is InChI=1S/C60H44FNS/c1-2-3-11-50-47-13-6-8-15-53(47)60(56-30-36-29-40-32-57(60)59(40,56)35-36)58(50)52-31-39-10-4-5-12-45(39)51-33-43(25-27-46(51)52)62(42-23-19-38(20-24-42)37-17-21-41(61)22-18-37)44-26-28-49-48-14-7-9-16-54(48)63-55(49)34-44/h2-28,31,33-34,36,40,56-57H,1,29-30,32,35H2/b11-3-. The maximum Gasteiger partial charge on any atom is 0.123 e. The molecule has 0 saturated heterocycles. The van der Waals surface area contributed by atoms with Gasteiger partial charge in [0.25, 0.3) is 0 Å². The Kier molecular flexibility index (Phi) is 7.43. The van der Waals surface area contributed by atoms with Crippen LogP contribution in [0.2, 0.25) is 0 Å². The van der Waals surface area contributed by atoms with Gasteiger partial charge < -0.3 is 4.90 Å². The topological polar surface area (TPSA) is 3.24 Å². The lowest BCUT2D eigenvalue weighted by molar-refractivity contribution is -0.225. The van der Waals surface area contributed by atoms with Crippen LogP contribution >= 0.6 is 11.3 Å². The second-order valence-corrected chi connectivity index (χ2v) is 20.1. The number of hydrogen-bond donors (Lipinski definition) is 0. The summed E-state index contributed by atoms with van der Waals surface area (Å²) in [5.74, 6) is 2.95. The van der Waals surface area contributed by atoms with E-state index in [0.717, 1.165) is 40.0 Å². The number of hydrogen-bond acceptors (Lipinski definition) is 2. The van der Waals surface area contributed by atoms with E-state index in [2.05, 4.69) is 163 Å².